The van der Waals surface area contributed by atoms with Gasteiger partial charge in [-0.1, -0.05) is 45.4 Å². The van der Waals surface area contributed by atoms with E-state index in [0.29, 0.717) is 6.04 Å². The van der Waals surface area contributed by atoms with Gasteiger partial charge in [-0.2, -0.15) is 0 Å². The van der Waals surface area contributed by atoms with E-state index in [1.807, 2.05) is 13.0 Å². The molecule has 1 rings (SSSR count). The molecule has 0 aliphatic carbocycles. The van der Waals surface area contributed by atoms with Crippen molar-refractivity contribution in [1.82, 2.24) is 0 Å². The lowest BCUT2D eigenvalue weighted by molar-refractivity contribution is 0.174. The molecule has 2 heteroatoms. The number of aliphatic hydroxyl groups excluding tert-OH is 1. The molecule has 2 nitrogen and oxygen atoms in total. The van der Waals surface area contributed by atoms with Gasteiger partial charge >= 0.3 is 0 Å². The van der Waals surface area contributed by atoms with Gasteiger partial charge in [0.05, 0.1) is 6.10 Å². The second kappa shape index (κ2) is 8.21. The van der Waals surface area contributed by atoms with Crippen LogP contribution in [0.4, 0.5) is 5.69 Å². The number of anilines is 1. The topological polar surface area (TPSA) is 23.5 Å². The SMILES string of the molecule is CCCCN(c1ccccc1C(O)CC)C(C)CC. The van der Waals surface area contributed by atoms with Crippen molar-refractivity contribution in [1.29, 1.82) is 0 Å². The predicted molar refractivity (Wildman–Crippen MR) is 83.7 cm³/mol. The molecular weight excluding hydrogens is 234 g/mol. The molecule has 0 aliphatic heterocycles. The molecule has 0 heterocycles. The highest BCUT2D eigenvalue weighted by molar-refractivity contribution is 5.55. The third-order valence-corrected chi connectivity index (χ3v) is 3.87. The van der Waals surface area contributed by atoms with Gasteiger partial charge in [0.25, 0.3) is 0 Å². The van der Waals surface area contributed by atoms with Crippen LogP contribution in [0.15, 0.2) is 24.3 Å². The highest BCUT2D eigenvalue weighted by Crippen LogP contribution is 2.30. The number of aliphatic hydroxyl groups is 1. The van der Waals surface area contributed by atoms with Crippen molar-refractivity contribution in [3.8, 4) is 0 Å². The van der Waals surface area contributed by atoms with E-state index in [0.717, 1.165) is 24.9 Å². The monoisotopic (exact) mass is 263 g/mol. The van der Waals surface area contributed by atoms with Gasteiger partial charge in [0, 0.05) is 23.8 Å². The first-order valence-electron chi connectivity index (χ1n) is 7.69. The predicted octanol–water partition coefficient (Wildman–Crippen LogP) is 4.54. The van der Waals surface area contributed by atoms with E-state index in [-0.39, 0.29) is 6.10 Å². The fraction of sp³-hybridized carbons (Fsp3) is 0.647. The summed E-state index contributed by atoms with van der Waals surface area (Å²) in [5.74, 6) is 0. The summed E-state index contributed by atoms with van der Waals surface area (Å²) in [6, 6.07) is 8.81. The number of rotatable bonds is 8. The van der Waals surface area contributed by atoms with Crippen LogP contribution in [0.1, 0.15) is 65.0 Å². The summed E-state index contributed by atoms with van der Waals surface area (Å²) >= 11 is 0. The number of nitrogens with zero attached hydrogens (tertiary/aromatic N) is 1. The molecule has 0 radical (unpaired) electrons. The molecule has 0 saturated carbocycles. The van der Waals surface area contributed by atoms with Crippen LogP contribution in [-0.2, 0) is 0 Å². The Kier molecular flexibility index (Phi) is 6.93. The Hall–Kier alpha value is -1.02. The maximum atomic E-state index is 10.2. The van der Waals surface area contributed by atoms with Crippen LogP contribution >= 0.6 is 0 Å². The molecule has 2 atom stereocenters. The van der Waals surface area contributed by atoms with Gasteiger partial charge in [0.15, 0.2) is 0 Å². The van der Waals surface area contributed by atoms with Crippen molar-refractivity contribution in [2.75, 3.05) is 11.4 Å². The third kappa shape index (κ3) is 4.24. The molecule has 1 N–H and O–H groups in total. The van der Waals surface area contributed by atoms with Crippen molar-refractivity contribution >= 4 is 5.69 Å². The smallest absolute Gasteiger partial charge is 0.0807 e. The highest BCUT2D eigenvalue weighted by Gasteiger charge is 2.18. The third-order valence-electron chi connectivity index (χ3n) is 3.87. The lowest BCUT2D eigenvalue weighted by atomic mass is 10.0. The Morgan fingerprint density at radius 2 is 1.79 bits per heavy atom. The summed E-state index contributed by atoms with van der Waals surface area (Å²) in [5, 5.41) is 10.2. The summed E-state index contributed by atoms with van der Waals surface area (Å²) in [7, 11) is 0. The zero-order valence-electron chi connectivity index (χ0n) is 12.9. The van der Waals surface area contributed by atoms with Crippen molar-refractivity contribution in [3.05, 3.63) is 29.8 Å². The Balaban J connectivity index is 3.06. The maximum Gasteiger partial charge on any atom is 0.0807 e. The number of benzene rings is 1. The average molecular weight is 263 g/mol. The lowest BCUT2D eigenvalue weighted by Gasteiger charge is -2.33. The second-order valence-corrected chi connectivity index (χ2v) is 5.29. The quantitative estimate of drug-likeness (QED) is 0.744. The van der Waals surface area contributed by atoms with Crippen LogP contribution < -0.4 is 4.90 Å². The van der Waals surface area contributed by atoms with Gasteiger partial charge in [-0.25, -0.2) is 0 Å². The van der Waals surface area contributed by atoms with Gasteiger partial charge in [0.2, 0.25) is 0 Å². The van der Waals surface area contributed by atoms with E-state index < -0.39 is 0 Å². The molecule has 0 aliphatic rings. The minimum Gasteiger partial charge on any atom is -0.388 e. The molecule has 19 heavy (non-hydrogen) atoms. The standard InChI is InChI=1S/C17H29NO/c1-5-8-13-18(14(4)6-2)16-12-10-9-11-15(16)17(19)7-3/h9-12,14,17,19H,5-8,13H2,1-4H3. The number of hydrogen-bond donors (Lipinski definition) is 1. The van der Waals surface area contributed by atoms with Crippen molar-refractivity contribution in [2.45, 2.75) is 65.5 Å². The molecule has 1 aromatic carbocycles. The van der Waals surface area contributed by atoms with Crippen LogP contribution in [-0.4, -0.2) is 17.7 Å². The van der Waals surface area contributed by atoms with Crippen LogP contribution in [0.3, 0.4) is 0 Å². The number of para-hydroxylation sites is 1. The maximum absolute atomic E-state index is 10.2. The average Bonchev–Trinajstić information content (AvgIpc) is 2.46. The van der Waals surface area contributed by atoms with Crippen LogP contribution in [0.2, 0.25) is 0 Å². The lowest BCUT2D eigenvalue weighted by Crippen LogP contribution is -2.34. The molecule has 108 valence electrons. The van der Waals surface area contributed by atoms with E-state index >= 15 is 0 Å². The second-order valence-electron chi connectivity index (χ2n) is 5.29. The molecule has 0 amide bonds. The summed E-state index contributed by atoms with van der Waals surface area (Å²) in [4.78, 5) is 2.46. The van der Waals surface area contributed by atoms with Crippen LogP contribution in [0.25, 0.3) is 0 Å². The first-order chi connectivity index (χ1) is 9.15. The summed E-state index contributed by atoms with van der Waals surface area (Å²) in [6.07, 6.45) is 3.93. The van der Waals surface area contributed by atoms with E-state index in [1.165, 1.54) is 18.5 Å². The highest BCUT2D eigenvalue weighted by atomic mass is 16.3. The largest absolute Gasteiger partial charge is 0.388 e. The summed E-state index contributed by atoms with van der Waals surface area (Å²) in [5.41, 5.74) is 2.28. The van der Waals surface area contributed by atoms with Gasteiger partial charge in [-0.3, -0.25) is 0 Å². The van der Waals surface area contributed by atoms with Crippen LogP contribution in [0, 0.1) is 0 Å². The number of hydrogen-bond acceptors (Lipinski definition) is 2. The molecular formula is C17H29NO. The zero-order valence-corrected chi connectivity index (χ0v) is 12.9. The van der Waals surface area contributed by atoms with Gasteiger partial charge < -0.3 is 10.0 Å². The zero-order chi connectivity index (χ0) is 14.3. The van der Waals surface area contributed by atoms with Crippen molar-refractivity contribution in [2.24, 2.45) is 0 Å². The Morgan fingerprint density at radius 1 is 1.11 bits per heavy atom. The fourth-order valence-corrected chi connectivity index (χ4v) is 2.38. The molecule has 1 aromatic rings. The van der Waals surface area contributed by atoms with Crippen molar-refractivity contribution in [3.63, 3.8) is 0 Å². The van der Waals surface area contributed by atoms with Crippen LogP contribution in [0.5, 0.6) is 0 Å². The van der Waals surface area contributed by atoms with E-state index in [9.17, 15) is 5.11 Å². The Morgan fingerprint density at radius 3 is 2.37 bits per heavy atom. The van der Waals surface area contributed by atoms with E-state index in [1.54, 1.807) is 0 Å². The minimum absolute atomic E-state index is 0.357. The Bertz CT molecular complexity index is 364. The van der Waals surface area contributed by atoms with E-state index in [2.05, 4.69) is 43.9 Å². The van der Waals surface area contributed by atoms with Crippen molar-refractivity contribution < 1.29 is 5.11 Å². The van der Waals surface area contributed by atoms with Gasteiger partial charge in [-0.05, 0) is 32.3 Å². The van der Waals surface area contributed by atoms with E-state index in [4.69, 9.17) is 0 Å². The summed E-state index contributed by atoms with van der Waals surface area (Å²) < 4.78 is 0. The normalized spacial score (nSPS) is 14.2. The molecule has 0 aromatic heterocycles. The molecule has 0 spiro atoms. The molecule has 2 unspecified atom stereocenters. The first kappa shape index (κ1) is 16.0. The molecule has 0 bridgehead atoms. The van der Waals surface area contributed by atoms with Gasteiger partial charge in [-0.15, -0.1) is 0 Å². The fourth-order valence-electron chi connectivity index (χ4n) is 2.38. The minimum atomic E-state index is -0.357. The summed E-state index contributed by atoms with van der Waals surface area (Å²) in [6.45, 7) is 9.81. The van der Waals surface area contributed by atoms with Gasteiger partial charge in [0.1, 0.15) is 0 Å². The molecule has 0 fully saturated rings. The molecule has 0 saturated heterocycles. The number of unbranched alkanes of at least 4 members (excludes halogenated alkanes) is 1. The Labute approximate surface area is 118 Å². The first-order valence-corrected chi connectivity index (χ1v) is 7.69.